The van der Waals surface area contributed by atoms with E-state index in [1.54, 1.807) is 27.7 Å². The van der Waals surface area contributed by atoms with Crippen molar-refractivity contribution >= 4 is 17.8 Å². The summed E-state index contributed by atoms with van der Waals surface area (Å²) in [6.45, 7) is 9.12. The molecule has 154 valence electrons. The molecule has 0 aliphatic carbocycles. The molecule has 0 radical (unpaired) electrons. The molecular weight excluding hydrogens is 362 g/mol. The number of hydrogen-bond donors (Lipinski definition) is 1. The summed E-state index contributed by atoms with van der Waals surface area (Å²) in [7, 11) is 0. The smallest absolute Gasteiger partial charge is 0.397 e. The predicted octanol–water partition coefficient (Wildman–Crippen LogP) is 2.89. The molecule has 0 aromatic heterocycles. The fraction of sp³-hybridized carbons (Fsp3) is 0.476. The Morgan fingerprint density at radius 3 is 2.25 bits per heavy atom. The molecule has 1 rings (SSSR count). The molecule has 0 fully saturated rings. The largest absolute Gasteiger partial charge is 0.459 e. The number of rotatable bonds is 8. The number of hydrogen-bond acceptors (Lipinski definition) is 6. The second-order valence-corrected chi connectivity index (χ2v) is 7.07. The van der Waals surface area contributed by atoms with E-state index < -0.39 is 23.4 Å². The van der Waals surface area contributed by atoms with Gasteiger partial charge in [0.25, 0.3) is 0 Å². The summed E-state index contributed by atoms with van der Waals surface area (Å²) in [5.74, 6) is -2.52. The summed E-state index contributed by atoms with van der Waals surface area (Å²) in [4.78, 5) is 35.9. The highest BCUT2D eigenvalue weighted by Gasteiger charge is 2.23. The average molecular weight is 391 g/mol. The van der Waals surface area contributed by atoms with Crippen LogP contribution in [0.4, 0.5) is 0 Å². The second-order valence-electron chi connectivity index (χ2n) is 7.07. The first-order chi connectivity index (χ1) is 13.1. The van der Waals surface area contributed by atoms with Gasteiger partial charge < -0.3 is 19.5 Å². The molecule has 0 unspecified atom stereocenters. The minimum Gasteiger partial charge on any atom is -0.459 e. The number of nitrogens with one attached hydrogen (secondary N) is 1. The SMILES string of the molecule is CCOC(=O)C(=O)N/C(C)=C(/CCOCc1ccccc1)C(=O)OC(C)(C)C. The van der Waals surface area contributed by atoms with E-state index in [4.69, 9.17) is 9.47 Å². The molecule has 0 bridgehead atoms. The first-order valence-corrected chi connectivity index (χ1v) is 9.17. The fourth-order valence-electron chi connectivity index (χ4n) is 2.21. The van der Waals surface area contributed by atoms with E-state index >= 15 is 0 Å². The highest BCUT2D eigenvalue weighted by molar-refractivity contribution is 6.32. The average Bonchev–Trinajstić information content (AvgIpc) is 2.60. The molecule has 0 atom stereocenters. The van der Waals surface area contributed by atoms with Gasteiger partial charge in [0, 0.05) is 12.1 Å². The van der Waals surface area contributed by atoms with Crippen LogP contribution in [0.2, 0.25) is 0 Å². The van der Waals surface area contributed by atoms with Gasteiger partial charge in [0.05, 0.1) is 25.4 Å². The highest BCUT2D eigenvalue weighted by atomic mass is 16.6. The lowest BCUT2D eigenvalue weighted by molar-refractivity contribution is -0.154. The van der Waals surface area contributed by atoms with Gasteiger partial charge in [-0.05, 0) is 40.2 Å². The van der Waals surface area contributed by atoms with Crippen LogP contribution in [0.15, 0.2) is 41.6 Å². The number of allylic oxidation sites excluding steroid dienone is 1. The predicted molar refractivity (Wildman–Crippen MR) is 104 cm³/mol. The van der Waals surface area contributed by atoms with E-state index in [1.807, 2.05) is 30.3 Å². The van der Waals surface area contributed by atoms with Crippen LogP contribution < -0.4 is 5.32 Å². The fourth-order valence-corrected chi connectivity index (χ4v) is 2.21. The molecule has 0 heterocycles. The van der Waals surface area contributed by atoms with Crippen LogP contribution in [0.1, 0.15) is 46.6 Å². The molecule has 7 nitrogen and oxygen atoms in total. The minimum atomic E-state index is -1.01. The standard InChI is InChI=1S/C21H29NO6/c1-6-27-20(25)18(23)22-15(2)17(19(24)28-21(3,4)5)12-13-26-14-16-10-8-7-9-11-16/h7-11H,6,12-14H2,1-5H3,(H,22,23)/b17-15-. The van der Waals surface area contributed by atoms with Crippen LogP contribution in [-0.4, -0.2) is 36.7 Å². The molecule has 0 spiro atoms. The Kier molecular flexibility index (Phi) is 9.38. The van der Waals surface area contributed by atoms with Crippen LogP contribution in [-0.2, 0) is 35.2 Å². The molecule has 0 aliphatic rings. The van der Waals surface area contributed by atoms with E-state index in [0.29, 0.717) is 6.61 Å². The topological polar surface area (TPSA) is 90.9 Å². The number of benzene rings is 1. The number of esters is 2. The molecule has 1 N–H and O–H groups in total. The molecule has 0 saturated carbocycles. The Bertz CT molecular complexity index is 703. The van der Waals surface area contributed by atoms with Crippen LogP contribution in [0.5, 0.6) is 0 Å². The Morgan fingerprint density at radius 2 is 1.68 bits per heavy atom. The third-order valence-corrected chi connectivity index (χ3v) is 3.47. The maximum atomic E-state index is 12.5. The van der Waals surface area contributed by atoms with Gasteiger partial charge in [-0.3, -0.25) is 4.79 Å². The monoisotopic (exact) mass is 391 g/mol. The zero-order chi connectivity index (χ0) is 21.2. The Morgan fingerprint density at radius 1 is 1.04 bits per heavy atom. The van der Waals surface area contributed by atoms with Gasteiger partial charge in [-0.15, -0.1) is 0 Å². The van der Waals surface area contributed by atoms with Crippen molar-refractivity contribution in [3.63, 3.8) is 0 Å². The van der Waals surface area contributed by atoms with Crippen LogP contribution >= 0.6 is 0 Å². The summed E-state index contributed by atoms with van der Waals surface area (Å²) >= 11 is 0. The third-order valence-electron chi connectivity index (χ3n) is 3.47. The molecule has 28 heavy (non-hydrogen) atoms. The number of carbonyl (C=O) groups is 3. The summed E-state index contributed by atoms with van der Waals surface area (Å²) in [6, 6.07) is 9.63. The lowest BCUT2D eigenvalue weighted by Gasteiger charge is -2.21. The van der Waals surface area contributed by atoms with Crippen molar-refractivity contribution in [3.8, 4) is 0 Å². The molecule has 7 heteroatoms. The van der Waals surface area contributed by atoms with E-state index in [-0.39, 0.29) is 30.9 Å². The quantitative estimate of drug-likeness (QED) is 0.317. The Labute approximate surface area is 166 Å². The number of carbonyl (C=O) groups excluding carboxylic acids is 3. The third kappa shape index (κ3) is 8.81. The number of ether oxygens (including phenoxy) is 3. The van der Waals surface area contributed by atoms with E-state index in [2.05, 4.69) is 10.1 Å². The van der Waals surface area contributed by atoms with Crippen molar-refractivity contribution in [3.05, 3.63) is 47.2 Å². The van der Waals surface area contributed by atoms with Gasteiger partial charge in [0.2, 0.25) is 0 Å². The second kappa shape index (κ2) is 11.2. The van der Waals surface area contributed by atoms with Crippen LogP contribution in [0.3, 0.4) is 0 Å². The van der Waals surface area contributed by atoms with Crippen molar-refractivity contribution in [2.24, 2.45) is 0 Å². The summed E-state index contributed by atoms with van der Waals surface area (Å²) in [5, 5.41) is 2.40. The molecule has 1 aromatic rings. The van der Waals surface area contributed by atoms with Crippen molar-refractivity contribution in [2.75, 3.05) is 13.2 Å². The van der Waals surface area contributed by atoms with Gasteiger partial charge in [0.1, 0.15) is 5.60 Å². The van der Waals surface area contributed by atoms with Gasteiger partial charge in [-0.1, -0.05) is 30.3 Å². The van der Waals surface area contributed by atoms with Crippen molar-refractivity contribution in [1.82, 2.24) is 5.32 Å². The van der Waals surface area contributed by atoms with Gasteiger partial charge >= 0.3 is 17.8 Å². The lowest BCUT2D eigenvalue weighted by Crippen LogP contribution is -2.33. The molecule has 0 aliphatic heterocycles. The number of amides is 1. The zero-order valence-corrected chi connectivity index (χ0v) is 17.2. The van der Waals surface area contributed by atoms with E-state index in [0.717, 1.165) is 5.56 Å². The zero-order valence-electron chi connectivity index (χ0n) is 17.2. The van der Waals surface area contributed by atoms with Crippen molar-refractivity contribution in [2.45, 2.75) is 53.2 Å². The van der Waals surface area contributed by atoms with Crippen molar-refractivity contribution < 1.29 is 28.6 Å². The Hall–Kier alpha value is -2.67. The van der Waals surface area contributed by atoms with Gasteiger partial charge in [-0.25, -0.2) is 9.59 Å². The van der Waals surface area contributed by atoms with Gasteiger partial charge in [0.15, 0.2) is 0 Å². The normalized spacial score (nSPS) is 12.0. The minimum absolute atomic E-state index is 0.0846. The summed E-state index contributed by atoms with van der Waals surface area (Å²) < 4.78 is 15.7. The Balaban J connectivity index is 2.80. The molecule has 0 saturated heterocycles. The highest BCUT2D eigenvalue weighted by Crippen LogP contribution is 2.16. The maximum Gasteiger partial charge on any atom is 0.397 e. The lowest BCUT2D eigenvalue weighted by atomic mass is 10.1. The summed E-state index contributed by atoms with van der Waals surface area (Å²) in [6.07, 6.45) is 0.219. The maximum absolute atomic E-state index is 12.5. The molecular formula is C21H29NO6. The molecule has 1 amide bonds. The van der Waals surface area contributed by atoms with Crippen LogP contribution in [0, 0.1) is 0 Å². The van der Waals surface area contributed by atoms with E-state index in [1.165, 1.54) is 6.92 Å². The first kappa shape index (κ1) is 23.4. The van der Waals surface area contributed by atoms with E-state index in [9.17, 15) is 14.4 Å². The van der Waals surface area contributed by atoms with Crippen molar-refractivity contribution in [1.29, 1.82) is 0 Å². The summed E-state index contributed by atoms with van der Waals surface area (Å²) in [5.41, 5.74) is 0.785. The molecule has 1 aromatic carbocycles. The van der Waals surface area contributed by atoms with Crippen LogP contribution in [0.25, 0.3) is 0 Å². The van der Waals surface area contributed by atoms with Gasteiger partial charge in [-0.2, -0.15) is 0 Å². The first-order valence-electron chi connectivity index (χ1n) is 9.17.